The lowest BCUT2D eigenvalue weighted by atomic mass is 10.1. The van der Waals surface area contributed by atoms with Gasteiger partial charge >= 0.3 is 0 Å². The number of rotatable bonds is 10. The van der Waals surface area contributed by atoms with Crippen molar-refractivity contribution in [1.29, 1.82) is 0 Å². The van der Waals surface area contributed by atoms with E-state index in [1.165, 1.54) is 54.8 Å². The van der Waals surface area contributed by atoms with Crippen molar-refractivity contribution in [2.45, 2.75) is 58.3 Å². The third kappa shape index (κ3) is 4.67. The molecule has 0 saturated heterocycles. The molecule has 0 radical (unpaired) electrons. The second-order valence-electron chi connectivity index (χ2n) is 5.90. The number of unbranched alkanes of at least 4 members (excludes halogenated alkanes) is 7. The van der Waals surface area contributed by atoms with Crippen molar-refractivity contribution in [3.63, 3.8) is 0 Å². The minimum absolute atomic E-state index is 0.0667. The summed E-state index contributed by atoms with van der Waals surface area (Å²) in [6, 6.07) is 3.68. The molecule has 0 aromatic carbocycles. The topological polar surface area (TPSA) is 37.4 Å². The van der Waals surface area contributed by atoms with Crippen molar-refractivity contribution in [3.8, 4) is 0 Å². The van der Waals surface area contributed by atoms with E-state index in [0.717, 1.165) is 17.7 Å². The maximum absolute atomic E-state index is 12.4. The first-order valence-corrected chi connectivity index (χ1v) is 9.72. The number of hydrogen-bond donors (Lipinski definition) is 0. The van der Waals surface area contributed by atoms with Crippen molar-refractivity contribution in [1.82, 2.24) is 4.90 Å². The first kappa shape index (κ1) is 18.2. The molecule has 0 saturated carbocycles. The molecule has 0 unspecified atom stereocenters. The number of nitrogens with zero attached hydrogens (tertiary/aromatic N) is 1. The van der Waals surface area contributed by atoms with Crippen LogP contribution in [0.5, 0.6) is 0 Å². The first-order chi connectivity index (χ1) is 11.2. The van der Waals surface area contributed by atoms with Gasteiger partial charge in [-0.1, -0.05) is 69.5 Å². The van der Waals surface area contributed by atoms with Crippen molar-refractivity contribution in [2.75, 3.05) is 6.54 Å². The summed E-state index contributed by atoms with van der Waals surface area (Å²) in [6.07, 6.45) is 9.48. The molecular weight excluding hydrogens is 330 g/mol. The molecule has 0 aliphatic carbocycles. The van der Waals surface area contributed by atoms with Gasteiger partial charge in [0.1, 0.15) is 5.03 Å². The quantitative estimate of drug-likeness (QED) is 0.428. The van der Waals surface area contributed by atoms with E-state index < -0.39 is 0 Å². The molecule has 23 heavy (non-hydrogen) atoms. The molecule has 126 valence electrons. The Morgan fingerprint density at radius 1 is 1.00 bits per heavy atom. The molecule has 1 aromatic heterocycles. The van der Waals surface area contributed by atoms with Gasteiger partial charge in [-0.25, -0.2) is 0 Å². The Bertz CT molecular complexity index is 566. The van der Waals surface area contributed by atoms with Gasteiger partial charge < -0.3 is 0 Å². The van der Waals surface area contributed by atoms with E-state index in [1.807, 2.05) is 17.5 Å². The zero-order chi connectivity index (χ0) is 16.7. The van der Waals surface area contributed by atoms with Crippen LogP contribution in [0.3, 0.4) is 0 Å². The average molecular weight is 354 g/mol. The summed E-state index contributed by atoms with van der Waals surface area (Å²) < 4.78 is 0. The van der Waals surface area contributed by atoms with Gasteiger partial charge in [0.2, 0.25) is 0 Å². The van der Waals surface area contributed by atoms with Crippen LogP contribution in [0.25, 0.3) is 5.57 Å². The summed E-state index contributed by atoms with van der Waals surface area (Å²) in [6.45, 7) is 2.69. The highest BCUT2D eigenvalue weighted by Gasteiger charge is 2.38. The standard InChI is InChI=1S/C18H24ClNO2S/c1-2-3-4-5-6-7-8-9-12-20-17(21)15(16(19)18(20)22)14-11-10-13-23-14/h10-11,13H,2-9,12H2,1H3. The lowest BCUT2D eigenvalue weighted by Gasteiger charge is -2.14. The minimum atomic E-state index is -0.344. The van der Waals surface area contributed by atoms with Crippen LogP contribution in [-0.2, 0) is 9.59 Å². The van der Waals surface area contributed by atoms with E-state index in [-0.39, 0.29) is 16.8 Å². The third-order valence-corrected chi connectivity index (χ3v) is 5.35. The van der Waals surface area contributed by atoms with Crippen LogP contribution in [-0.4, -0.2) is 23.3 Å². The van der Waals surface area contributed by atoms with Gasteiger partial charge in [-0.2, -0.15) is 0 Å². The second kappa shape index (κ2) is 9.24. The lowest BCUT2D eigenvalue weighted by Crippen LogP contribution is -2.32. The highest BCUT2D eigenvalue weighted by molar-refractivity contribution is 7.11. The fourth-order valence-electron chi connectivity index (χ4n) is 2.79. The van der Waals surface area contributed by atoms with Crippen molar-refractivity contribution < 1.29 is 9.59 Å². The number of carbonyl (C=O) groups is 2. The van der Waals surface area contributed by atoms with Crippen molar-refractivity contribution in [2.24, 2.45) is 0 Å². The molecule has 0 spiro atoms. The highest BCUT2D eigenvalue weighted by Crippen LogP contribution is 2.34. The fraction of sp³-hybridized carbons (Fsp3) is 0.556. The van der Waals surface area contributed by atoms with Gasteiger partial charge in [0.15, 0.2) is 0 Å². The highest BCUT2D eigenvalue weighted by atomic mass is 35.5. The largest absolute Gasteiger partial charge is 0.274 e. The first-order valence-electron chi connectivity index (χ1n) is 8.46. The van der Waals surface area contributed by atoms with Crippen LogP contribution >= 0.6 is 22.9 Å². The molecule has 1 aromatic rings. The van der Waals surface area contributed by atoms with Gasteiger partial charge in [0, 0.05) is 11.4 Å². The van der Waals surface area contributed by atoms with Crippen molar-refractivity contribution in [3.05, 3.63) is 27.4 Å². The molecule has 0 bridgehead atoms. The molecule has 1 aliphatic heterocycles. The maximum Gasteiger partial charge on any atom is 0.273 e. The number of carbonyl (C=O) groups excluding carboxylic acids is 2. The van der Waals surface area contributed by atoms with E-state index in [1.54, 1.807) is 0 Å². The van der Waals surface area contributed by atoms with Crippen LogP contribution in [0, 0.1) is 0 Å². The molecule has 0 N–H and O–H groups in total. The molecule has 2 amide bonds. The van der Waals surface area contributed by atoms with Gasteiger partial charge in [0.25, 0.3) is 11.8 Å². The van der Waals surface area contributed by atoms with Gasteiger partial charge in [0.05, 0.1) is 5.57 Å². The van der Waals surface area contributed by atoms with Crippen LogP contribution in [0.2, 0.25) is 0 Å². The molecule has 1 aliphatic rings. The molecule has 3 nitrogen and oxygen atoms in total. The summed E-state index contributed by atoms with van der Waals surface area (Å²) in [4.78, 5) is 26.7. The Morgan fingerprint density at radius 3 is 2.26 bits per heavy atom. The number of amides is 2. The molecule has 2 rings (SSSR count). The number of imide groups is 1. The van der Waals surface area contributed by atoms with Crippen LogP contribution in [0.15, 0.2) is 22.5 Å². The Labute approximate surface area is 147 Å². The number of thiophene rings is 1. The normalized spacial score (nSPS) is 15.1. The summed E-state index contributed by atoms with van der Waals surface area (Å²) in [5.74, 6) is -0.589. The molecule has 5 heteroatoms. The van der Waals surface area contributed by atoms with E-state index in [2.05, 4.69) is 6.92 Å². The molecule has 0 fully saturated rings. The molecular formula is C18H24ClNO2S. The minimum Gasteiger partial charge on any atom is -0.274 e. The summed E-state index contributed by atoms with van der Waals surface area (Å²) in [5, 5.41) is 1.95. The smallest absolute Gasteiger partial charge is 0.273 e. The SMILES string of the molecule is CCCCCCCCCCN1C(=O)C(Cl)=C(c2cccs2)C1=O. The van der Waals surface area contributed by atoms with E-state index in [0.29, 0.717) is 12.1 Å². The Morgan fingerprint density at radius 2 is 1.65 bits per heavy atom. The Hall–Kier alpha value is -1.13. The van der Waals surface area contributed by atoms with Crippen LogP contribution in [0.1, 0.15) is 63.2 Å². The third-order valence-electron chi connectivity index (χ3n) is 4.11. The van der Waals surface area contributed by atoms with Crippen LogP contribution in [0.4, 0.5) is 0 Å². The monoisotopic (exact) mass is 353 g/mol. The summed E-state index contributed by atoms with van der Waals surface area (Å²) in [5.41, 5.74) is 0.367. The Kier molecular flexibility index (Phi) is 7.31. The zero-order valence-corrected chi connectivity index (χ0v) is 15.2. The van der Waals surface area contributed by atoms with E-state index in [9.17, 15) is 9.59 Å². The number of halogens is 1. The second-order valence-corrected chi connectivity index (χ2v) is 7.23. The zero-order valence-electron chi connectivity index (χ0n) is 13.6. The fourth-order valence-corrected chi connectivity index (χ4v) is 3.90. The summed E-state index contributed by atoms with van der Waals surface area (Å²) in [7, 11) is 0. The van der Waals surface area contributed by atoms with Gasteiger partial charge in [-0.05, 0) is 17.9 Å². The van der Waals surface area contributed by atoms with Crippen molar-refractivity contribution >= 4 is 40.3 Å². The van der Waals surface area contributed by atoms with Gasteiger partial charge in [-0.15, -0.1) is 11.3 Å². The molecule has 2 heterocycles. The van der Waals surface area contributed by atoms with Gasteiger partial charge in [-0.3, -0.25) is 14.5 Å². The molecule has 0 atom stereocenters. The maximum atomic E-state index is 12.4. The van der Waals surface area contributed by atoms with Crippen LogP contribution < -0.4 is 0 Å². The average Bonchev–Trinajstić information content (AvgIpc) is 3.12. The summed E-state index contributed by atoms with van der Waals surface area (Å²) >= 11 is 7.53. The van der Waals surface area contributed by atoms with E-state index >= 15 is 0 Å². The van der Waals surface area contributed by atoms with E-state index in [4.69, 9.17) is 11.6 Å². The lowest BCUT2D eigenvalue weighted by molar-refractivity contribution is -0.136. The predicted molar refractivity (Wildman–Crippen MR) is 96.4 cm³/mol. The predicted octanol–water partition coefficient (Wildman–Crippen LogP) is 5.21. The number of hydrogen-bond acceptors (Lipinski definition) is 3. The Balaban J connectivity index is 1.75.